The molecule has 144 valence electrons. The number of piperidine rings is 1. The predicted molar refractivity (Wildman–Crippen MR) is 111 cm³/mol. The number of benzene rings is 2. The minimum atomic E-state index is -1.00. The molecule has 1 N–H and O–H groups in total. The summed E-state index contributed by atoms with van der Waals surface area (Å²) in [7, 11) is 0. The highest BCUT2D eigenvalue weighted by Gasteiger charge is 2.38. The summed E-state index contributed by atoms with van der Waals surface area (Å²) in [5, 5.41) is 10.5. The molecule has 0 radical (unpaired) electrons. The van der Waals surface area contributed by atoms with Crippen LogP contribution in [0.25, 0.3) is 11.1 Å². The summed E-state index contributed by atoms with van der Waals surface area (Å²) in [6.45, 7) is 7.08. The zero-order chi connectivity index (χ0) is 19.4. The lowest BCUT2D eigenvalue weighted by Gasteiger charge is -2.42. The van der Waals surface area contributed by atoms with Gasteiger partial charge in [0.25, 0.3) is 0 Å². The van der Waals surface area contributed by atoms with E-state index in [0.29, 0.717) is 12.3 Å². The lowest BCUT2D eigenvalue weighted by Crippen LogP contribution is -2.56. The molecule has 0 aliphatic carbocycles. The van der Waals surface area contributed by atoms with Gasteiger partial charge in [0.1, 0.15) is 0 Å². The van der Waals surface area contributed by atoms with Gasteiger partial charge >= 0.3 is 0 Å². The predicted octanol–water partition coefficient (Wildman–Crippen LogP) is 4.65. The maximum absolute atomic E-state index is 12.4. The van der Waals surface area contributed by atoms with Crippen LogP contribution in [0, 0.1) is 0 Å². The summed E-state index contributed by atoms with van der Waals surface area (Å²) in [5.74, 6) is 0.651. The second kappa shape index (κ2) is 8.37. The van der Waals surface area contributed by atoms with E-state index in [1.54, 1.807) is 13.8 Å². The van der Waals surface area contributed by atoms with Gasteiger partial charge in [-0.2, -0.15) is 0 Å². The number of aliphatic hydroxyl groups is 1. The molecule has 1 atom stereocenters. The largest absolute Gasteiger partial charge is 0.388 e. The molecule has 3 rings (SSSR count). The molecule has 1 aliphatic heterocycles. The average molecular weight is 366 g/mol. The number of nitrogens with zero attached hydrogens (tertiary/aromatic N) is 1. The lowest BCUT2D eigenvalue weighted by molar-refractivity contribution is -0.134. The summed E-state index contributed by atoms with van der Waals surface area (Å²) < 4.78 is 0. The van der Waals surface area contributed by atoms with E-state index >= 15 is 0 Å². The SMILES string of the molecule is CCC(=O)C(N1CCC(c2ccc(-c3ccccc3)cc2)CC1)C(C)(C)O. The van der Waals surface area contributed by atoms with Gasteiger partial charge in [0.2, 0.25) is 0 Å². The molecule has 1 unspecified atom stereocenters. The molecule has 0 amide bonds. The third-order valence-corrected chi connectivity index (χ3v) is 5.71. The molecule has 0 spiro atoms. The Hall–Kier alpha value is -1.97. The third-order valence-electron chi connectivity index (χ3n) is 5.71. The molecular formula is C24H31NO2. The number of rotatable bonds is 6. The van der Waals surface area contributed by atoms with Crippen LogP contribution in [0.1, 0.15) is 51.5 Å². The highest BCUT2D eigenvalue weighted by molar-refractivity contribution is 5.85. The number of carbonyl (C=O) groups excluding carboxylic acids is 1. The van der Waals surface area contributed by atoms with Gasteiger partial charge < -0.3 is 5.11 Å². The minimum absolute atomic E-state index is 0.133. The summed E-state index contributed by atoms with van der Waals surface area (Å²) in [5.41, 5.74) is 2.85. The molecule has 3 nitrogen and oxygen atoms in total. The first-order valence-electron chi connectivity index (χ1n) is 10.0. The number of carbonyl (C=O) groups is 1. The molecule has 0 bridgehead atoms. The van der Waals surface area contributed by atoms with Gasteiger partial charge in [-0.1, -0.05) is 61.5 Å². The van der Waals surface area contributed by atoms with E-state index in [-0.39, 0.29) is 5.78 Å². The fourth-order valence-electron chi connectivity index (χ4n) is 4.31. The quantitative estimate of drug-likeness (QED) is 0.810. The van der Waals surface area contributed by atoms with Gasteiger partial charge in [-0.15, -0.1) is 0 Å². The molecule has 3 heteroatoms. The first-order valence-corrected chi connectivity index (χ1v) is 10.0. The maximum atomic E-state index is 12.4. The third kappa shape index (κ3) is 4.66. The van der Waals surface area contributed by atoms with Crippen molar-refractivity contribution >= 4 is 5.78 Å². The second-order valence-electron chi connectivity index (χ2n) is 8.17. The molecule has 1 fully saturated rings. The Morgan fingerprint density at radius 1 is 1.04 bits per heavy atom. The van der Waals surface area contributed by atoms with Crippen molar-refractivity contribution in [2.75, 3.05) is 13.1 Å². The Bertz CT molecular complexity index is 738. The lowest BCUT2D eigenvalue weighted by atomic mass is 9.85. The normalized spacial score (nSPS) is 17.6. The first kappa shape index (κ1) is 19.8. The Morgan fingerprint density at radius 2 is 1.59 bits per heavy atom. The zero-order valence-electron chi connectivity index (χ0n) is 16.7. The first-order chi connectivity index (χ1) is 12.9. The van der Waals surface area contributed by atoms with E-state index in [9.17, 15) is 9.90 Å². The average Bonchev–Trinajstić information content (AvgIpc) is 2.68. The standard InChI is InChI=1S/C24H31NO2/c1-4-22(26)23(24(2,3)27)25-16-14-21(15-17-25)20-12-10-19(11-13-20)18-8-6-5-7-9-18/h5-13,21,23,27H,4,14-17H2,1-3H3. The molecule has 1 saturated heterocycles. The minimum Gasteiger partial charge on any atom is -0.388 e. The highest BCUT2D eigenvalue weighted by Crippen LogP contribution is 2.32. The number of Topliss-reactive ketones (excluding diaryl/α,β-unsaturated/α-hetero) is 1. The van der Waals surface area contributed by atoms with Crippen molar-refractivity contribution in [2.24, 2.45) is 0 Å². The van der Waals surface area contributed by atoms with Gasteiger partial charge in [0.15, 0.2) is 5.78 Å². The summed E-state index contributed by atoms with van der Waals surface area (Å²) in [6.07, 6.45) is 2.51. The Kier molecular flexibility index (Phi) is 6.13. The Balaban J connectivity index is 1.66. The van der Waals surface area contributed by atoms with E-state index in [1.165, 1.54) is 16.7 Å². The monoisotopic (exact) mass is 365 g/mol. The molecule has 2 aromatic rings. The maximum Gasteiger partial charge on any atom is 0.152 e. The Morgan fingerprint density at radius 3 is 2.11 bits per heavy atom. The molecule has 1 heterocycles. The van der Waals surface area contributed by atoms with Crippen molar-refractivity contribution in [2.45, 2.75) is 57.6 Å². The molecule has 1 aliphatic rings. The van der Waals surface area contributed by atoms with Gasteiger partial charge in [0, 0.05) is 6.42 Å². The number of hydrogen-bond donors (Lipinski definition) is 1. The highest BCUT2D eigenvalue weighted by atomic mass is 16.3. The smallest absolute Gasteiger partial charge is 0.152 e. The van der Waals surface area contributed by atoms with E-state index in [1.807, 2.05) is 13.0 Å². The van der Waals surface area contributed by atoms with Crippen LogP contribution in [-0.2, 0) is 4.79 Å². The van der Waals surface area contributed by atoms with Crippen LogP contribution >= 0.6 is 0 Å². The van der Waals surface area contributed by atoms with Crippen molar-refractivity contribution in [3.63, 3.8) is 0 Å². The van der Waals surface area contributed by atoms with Gasteiger partial charge in [0.05, 0.1) is 11.6 Å². The molecule has 27 heavy (non-hydrogen) atoms. The van der Waals surface area contributed by atoms with Crippen molar-refractivity contribution in [1.29, 1.82) is 0 Å². The van der Waals surface area contributed by atoms with Gasteiger partial charge in [-0.3, -0.25) is 9.69 Å². The molecule has 0 saturated carbocycles. The van der Waals surface area contributed by atoms with Crippen molar-refractivity contribution in [3.8, 4) is 11.1 Å². The van der Waals surface area contributed by atoms with Crippen molar-refractivity contribution in [3.05, 3.63) is 60.2 Å². The zero-order valence-corrected chi connectivity index (χ0v) is 16.7. The molecule has 0 aromatic heterocycles. The molecule has 2 aromatic carbocycles. The summed E-state index contributed by atoms with van der Waals surface area (Å²) in [4.78, 5) is 14.6. The second-order valence-corrected chi connectivity index (χ2v) is 8.17. The van der Waals surface area contributed by atoms with Crippen LogP contribution in [0.4, 0.5) is 0 Å². The van der Waals surface area contributed by atoms with Crippen molar-refractivity contribution in [1.82, 2.24) is 4.90 Å². The van der Waals surface area contributed by atoms with Crippen LogP contribution < -0.4 is 0 Å². The fraction of sp³-hybridized carbons (Fsp3) is 0.458. The van der Waals surface area contributed by atoms with Crippen LogP contribution in [0.2, 0.25) is 0 Å². The molecular weight excluding hydrogens is 334 g/mol. The van der Waals surface area contributed by atoms with Crippen molar-refractivity contribution < 1.29 is 9.90 Å². The van der Waals surface area contributed by atoms with Crippen LogP contribution in [0.3, 0.4) is 0 Å². The summed E-state index contributed by atoms with van der Waals surface area (Å²) >= 11 is 0. The van der Waals surface area contributed by atoms with E-state index in [2.05, 4.69) is 53.4 Å². The van der Waals surface area contributed by atoms with E-state index < -0.39 is 11.6 Å². The van der Waals surface area contributed by atoms with Crippen LogP contribution in [0.15, 0.2) is 54.6 Å². The van der Waals surface area contributed by atoms with Crippen LogP contribution in [0.5, 0.6) is 0 Å². The van der Waals surface area contributed by atoms with E-state index in [0.717, 1.165) is 25.9 Å². The van der Waals surface area contributed by atoms with E-state index in [4.69, 9.17) is 0 Å². The number of hydrogen-bond acceptors (Lipinski definition) is 3. The number of ketones is 1. The summed E-state index contributed by atoms with van der Waals surface area (Å²) in [6, 6.07) is 18.9. The van der Waals surface area contributed by atoms with Gasteiger partial charge in [-0.05, 0) is 62.4 Å². The Labute approximate surface area is 163 Å². The number of likely N-dealkylation sites (tertiary alicyclic amines) is 1. The van der Waals surface area contributed by atoms with Gasteiger partial charge in [-0.25, -0.2) is 0 Å². The van der Waals surface area contributed by atoms with Crippen LogP contribution in [-0.4, -0.2) is 40.5 Å². The fourth-order valence-corrected chi connectivity index (χ4v) is 4.31. The topological polar surface area (TPSA) is 40.5 Å².